The summed E-state index contributed by atoms with van der Waals surface area (Å²) in [4.78, 5) is 21.4. The maximum Gasteiger partial charge on any atom is 0.282 e. The van der Waals surface area contributed by atoms with Gasteiger partial charge in [0.1, 0.15) is 0 Å². The van der Waals surface area contributed by atoms with Crippen molar-refractivity contribution in [1.29, 1.82) is 0 Å². The van der Waals surface area contributed by atoms with Crippen molar-refractivity contribution in [1.82, 2.24) is 0 Å². The van der Waals surface area contributed by atoms with Crippen LogP contribution in [0.5, 0.6) is 0 Å². The number of carbonyl (C=O) groups is 2. The van der Waals surface area contributed by atoms with Gasteiger partial charge in [0.15, 0.2) is 5.78 Å². The largest absolute Gasteiger partial charge is 0.545 e. The Kier molecular flexibility index (Phi) is 3.62. The van der Waals surface area contributed by atoms with Gasteiger partial charge in [-0.05, 0) is 42.0 Å². The molecule has 1 aromatic carbocycles. The van der Waals surface area contributed by atoms with E-state index in [1.165, 1.54) is 42.5 Å². The van der Waals surface area contributed by atoms with Crippen molar-refractivity contribution in [3.63, 3.8) is 0 Å². The van der Waals surface area contributed by atoms with Crippen LogP contribution in [0.15, 0.2) is 57.9 Å². The molecule has 20 heavy (non-hydrogen) atoms. The van der Waals surface area contributed by atoms with E-state index >= 15 is 0 Å². The van der Waals surface area contributed by atoms with E-state index in [4.69, 9.17) is 0 Å². The van der Waals surface area contributed by atoms with E-state index in [0.717, 1.165) is 6.07 Å². The number of allylic oxidation sites excluding steroid dienone is 4. The van der Waals surface area contributed by atoms with E-state index in [1.54, 1.807) is 0 Å². The minimum absolute atomic E-state index is 0.0865. The van der Waals surface area contributed by atoms with Gasteiger partial charge in [0.05, 0.1) is 16.6 Å². The summed E-state index contributed by atoms with van der Waals surface area (Å²) < 4.78 is 27.5. The summed E-state index contributed by atoms with van der Waals surface area (Å²) in [7, 11) is -4.05. The van der Waals surface area contributed by atoms with E-state index in [-0.39, 0.29) is 22.0 Å². The van der Waals surface area contributed by atoms with Crippen LogP contribution in [-0.2, 0) is 14.8 Å². The Bertz CT molecular complexity index is 754. The van der Waals surface area contributed by atoms with Crippen molar-refractivity contribution in [2.45, 2.75) is 4.90 Å². The first-order valence-corrected chi connectivity index (χ1v) is 6.89. The van der Waals surface area contributed by atoms with E-state index in [2.05, 4.69) is 4.40 Å². The summed E-state index contributed by atoms with van der Waals surface area (Å²) in [6, 6.07) is 4.71. The van der Waals surface area contributed by atoms with E-state index in [1.807, 2.05) is 0 Å². The van der Waals surface area contributed by atoms with Crippen molar-refractivity contribution in [3.8, 4) is 0 Å². The number of hydrogen-bond donors (Lipinski definition) is 0. The van der Waals surface area contributed by atoms with Crippen LogP contribution < -0.4 is 5.11 Å². The van der Waals surface area contributed by atoms with Crippen LogP contribution in [0, 0.1) is 0 Å². The number of carboxylic acids is 1. The molecule has 0 saturated heterocycles. The molecule has 1 aliphatic carbocycles. The van der Waals surface area contributed by atoms with Gasteiger partial charge < -0.3 is 9.90 Å². The Labute approximate surface area is 114 Å². The predicted molar refractivity (Wildman–Crippen MR) is 68.7 cm³/mol. The SMILES string of the molecule is O=C1C=CC(=NS(=O)(=O)c2cccc(C(=O)[O-])c2)C=C1. The number of carboxylic acid groups (broad SMARTS) is 1. The first kappa shape index (κ1) is 13.9. The summed E-state index contributed by atoms with van der Waals surface area (Å²) in [5.74, 6) is -1.74. The molecule has 0 aliphatic heterocycles. The van der Waals surface area contributed by atoms with Crippen molar-refractivity contribution in [3.05, 3.63) is 54.1 Å². The molecule has 6 nitrogen and oxygen atoms in total. The highest BCUT2D eigenvalue weighted by Crippen LogP contribution is 2.15. The average Bonchev–Trinajstić information content (AvgIpc) is 2.41. The van der Waals surface area contributed by atoms with Crippen LogP contribution in [0.4, 0.5) is 0 Å². The highest BCUT2D eigenvalue weighted by molar-refractivity contribution is 7.90. The quantitative estimate of drug-likeness (QED) is 0.721. The zero-order valence-electron chi connectivity index (χ0n) is 10.0. The lowest BCUT2D eigenvalue weighted by Gasteiger charge is -2.05. The van der Waals surface area contributed by atoms with E-state index in [9.17, 15) is 23.1 Å². The molecule has 0 bridgehead atoms. The second kappa shape index (κ2) is 5.22. The molecule has 2 rings (SSSR count). The highest BCUT2D eigenvalue weighted by atomic mass is 32.2. The summed E-state index contributed by atoms with van der Waals surface area (Å²) in [5.41, 5.74) is -0.167. The maximum absolute atomic E-state index is 12.0. The molecule has 1 aliphatic rings. The molecular formula is C13H8NO5S-. The molecule has 0 spiro atoms. The molecule has 0 amide bonds. The fraction of sp³-hybridized carbons (Fsp3) is 0. The average molecular weight is 290 g/mol. The van der Waals surface area contributed by atoms with Crippen LogP contribution in [0.2, 0.25) is 0 Å². The van der Waals surface area contributed by atoms with Crippen LogP contribution in [-0.4, -0.2) is 25.9 Å². The summed E-state index contributed by atoms with van der Waals surface area (Å²) in [6.45, 7) is 0. The highest BCUT2D eigenvalue weighted by Gasteiger charge is 2.14. The minimum atomic E-state index is -4.05. The number of ketones is 1. The number of benzene rings is 1. The minimum Gasteiger partial charge on any atom is -0.545 e. The van der Waals surface area contributed by atoms with E-state index in [0.29, 0.717) is 0 Å². The summed E-state index contributed by atoms with van der Waals surface area (Å²) in [6.07, 6.45) is 4.91. The summed E-state index contributed by atoms with van der Waals surface area (Å²) >= 11 is 0. The molecule has 7 heteroatoms. The Morgan fingerprint density at radius 3 is 2.35 bits per heavy atom. The molecule has 1 aromatic rings. The Hall–Kier alpha value is -2.54. The zero-order chi connectivity index (χ0) is 14.8. The van der Waals surface area contributed by atoms with Crippen LogP contribution in [0.3, 0.4) is 0 Å². The van der Waals surface area contributed by atoms with Gasteiger partial charge in [0.2, 0.25) is 0 Å². The molecule has 0 heterocycles. The van der Waals surface area contributed by atoms with Gasteiger partial charge in [-0.1, -0.05) is 12.1 Å². The molecule has 0 N–H and O–H groups in total. The van der Waals surface area contributed by atoms with Crippen LogP contribution >= 0.6 is 0 Å². The molecule has 0 unspecified atom stereocenters. The van der Waals surface area contributed by atoms with E-state index < -0.39 is 16.0 Å². The Balaban J connectivity index is 2.41. The van der Waals surface area contributed by atoms with Gasteiger partial charge in [-0.25, -0.2) is 0 Å². The second-order valence-corrected chi connectivity index (χ2v) is 5.48. The molecule has 0 saturated carbocycles. The molecular weight excluding hydrogens is 282 g/mol. The first-order chi connectivity index (χ1) is 9.38. The van der Waals surface area contributed by atoms with Crippen LogP contribution in [0.25, 0.3) is 0 Å². The third-order valence-corrected chi connectivity index (χ3v) is 3.73. The fourth-order valence-electron chi connectivity index (χ4n) is 1.48. The van der Waals surface area contributed by atoms with Gasteiger partial charge in [-0.3, -0.25) is 4.79 Å². The molecule has 102 valence electrons. The lowest BCUT2D eigenvalue weighted by atomic mass is 10.2. The lowest BCUT2D eigenvalue weighted by molar-refractivity contribution is -0.255. The lowest BCUT2D eigenvalue weighted by Crippen LogP contribution is -2.22. The molecule has 0 atom stereocenters. The van der Waals surface area contributed by atoms with Gasteiger partial charge >= 0.3 is 0 Å². The van der Waals surface area contributed by atoms with Gasteiger partial charge in [0, 0.05) is 0 Å². The number of sulfonamides is 1. The van der Waals surface area contributed by atoms with Gasteiger partial charge in [-0.2, -0.15) is 12.8 Å². The standard InChI is InChI=1S/C13H9NO5S/c15-11-6-4-10(5-7-11)14-20(18,19)12-3-1-2-9(8-12)13(16)17/h1-8H,(H,16,17)/p-1. The predicted octanol–water partition coefficient (Wildman–Crippen LogP) is -0.125. The first-order valence-electron chi connectivity index (χ1n) is 5.45. The third-order valence-electron chi connectivity index (χ3n) is 2.43. The normalized spacial score (nSPS) is 14.4. The molecule has 0 fully saturated rings. The third kappa shape index (κ3) is 3.07. The van der Waals surface area contributed by atoms with Crippen molar-refractivity contribution < 1.29 is 23.1 Å². The number of aromatic carboxylic acids is 1. The smallest absolute Gasteiger partial charge is 0.282 e. The number of hydrogen-bond acceptors (Lipinski definition) is 5. The monoisotopic (exact) mass is 290 g/mol. The maximum atomic E-state index is 12.0. The van der Waals surface area contributed by atoms with Crippen molar-refractivity contribution >= 4 is 27.5 Å². The van der Waals surface area contributed by atoms with Crippen molar-refractivity contribution in [2.24, 2.45) is 4.40 Å². The molecule has 0 aromatic heterocycles. The topological polar surface area (TPSA) is 104 Å². The Morgan fingerprint density at radius 1 is 1.10 bits per heavy atom. The zero-order valence-corrected chi connectivity index (χ0v) is 10.8. The number of rotatable bonds is 3. The van der Waals surface area contributed by atoms with Gasteiger partial charge in [-0.15, -0.1) is 0 Å². The number of nitrogens with zero attached hydrogens (tertiary/aromatic N) is 1. The number of carbonyl (C=O) groups excluding carboxylic acids is 2. The van der Waals surface area contributed by atoms with Gasteiger partial charge in [0.25, 0.3) is 10.0 Å². The van der Waals surface area contributed by atoms with Crippen molar-refractivity contribution in [2.75, 3.05) is 0 Å². The molecule has 0 radical (unpaired) electrons. The summed E-state index contributed by atoms with van der Waals surface area (Å²) in [5, 5.41) is 10.7. The van der Waals surface area contributed by atoms with Crippen LogP contribution in [0.1, 0.15) is 10.4 Å². The second-order valence-electron chi connectivity index (χ2n) is 3.88. The Morgan fingerprint density at radius 2 is 1.75 bits per heavy atom. The fourth-order valence-corrected chi connectivity index (χ4v) is 2.51.